The maximum Gasteiger partial charge on any atom is 0.160 e. The number of unbranched alkanes of at least 4 members (excludes halogenated alkanes) is 2. The minimum absolute atomic E-state index is 0.109. The number of ether oxygens (including phenoxy) is 2. The van der Waals surface area contributed by atoms with Crippen molar-refractivity contribution < 1.29 is 9.47 Å². The summed E-state index contributed by atoms with van der Waals surface area (Å²) < 4.78 is 12.1. The molecule has 1 aliphatic heterocycles. The summed E-state index contributed by atoms with van der Waals surface area (Å²) in [6.07, 6.45) is 18.7. The van der Waals surface area contributed by atoms with Crippen LogP contribution in [0.3, 0.4) is 0 Å². The standard InChI is InChI=1S/C23H42O2/c1-3-5-6-7-19-8-10-20(11-9-19)21-12-14-22(15-13-21)23-24-16-18(4-2)17-25-23/h18-23H,3-17H2,1-2H3. The third-order valence-corrected chi connectivity index (χ3v) is 7.55. The maximum absolute atomic E-state index is 6.04. The van der Waals surface area contributed by atoms with E-state index < -0.39 is 0 Å². The summed E-state index contributed by atoms with van der Waals surface area (Å²) in [6, 6.07) is 0. The Morgan fingerprint density at radius 3 is 1.76 bits per heavy atom. The van der Waals surface area contributed by atoms with Gasteiger partial charge in [0.05, 0.1) is 13.2 Å². The van der Waals surface area contributed by atoms with E-state index in [-0.39, 0.29) is 6.29 Å². The lowest BCUT2D eigenvalue weighted by molar-refractivity contribution is -0.230. The summed E-state index contributed by atoms with van der Waals surface area (Å²) in [6.45, 7) is 6.40. The molecule has 1 saturated heterocycles. The third-order valence-electron chi connectivity index (χ3n) is 7.55. The van der Waals surface area contributed by atoms with Crippen LogP contribution in [0.4, 0.5) is 0 Å². The van der Waals surface area contributed by atoms with Crippen LogP contribution in [0.25, 0.3) is 0 Å². The van der Waals surface area contributed by atoms with E-state index in [2.05, 4.69) is 13.8 Å². The monoisotopic (exact) mass is 350 g/mol. The topological polar surface area (TPSA) is 18.5 Å². The van der Waals surface area contributed by atoms with Gasteiger partial charge in [-0.15, -0.1) is 0 Å². The summed E-state index contributed by atoms with van der Waals surface area (Å²) in [5, 5.41) is 0. The first-order chi connectivity index (χ1) is 12.3. The van der Waals surface area contributed by atoms with E-state index >= 15 is 0 Å². The summed E-state index contributed by atoms with van der Waals surface area (Å²) in [7, 11) is 0. The summed E-state index contributed by atoms with van der Waals surface area (Å²) >= 11 is 0. The molecule has 0 aromatic heterocycles. The van der Waals surface area contributed by atoms with Gasteiger partial charge >= 0.3 is 0 Å². The Kier molecular flexibility index (Phi) is 8.11. The van der Waals surface area contributed by atoms with Crippen LogP contribution in [0.15, 0.2) is 0 Å². The van der Waals surface area contributed by atoms with Crippen molar-refractivity contribution in [3.63, 3.8) is 0 Å². The molecule has 2 saturated carbocycles. The van der Waals surface area contributed by atoms with Crippen LogP contribution in [0.1, 0.15) is 97.3 Å². The van der Waals surface area contributed by atoms with Crippen molar-refractivity contribution >= 4 is 0 Å². The van der Waals surface area contributed by atoms with E-state index in [1.54, 1.807) is 0 Å². The molecule has 2 heteroatoms. The van der Waals surface area contributed by atoms with Crippen LogP contribution in [-0.2, 0) is 9.47 Å². The minimum atomic E-state index is 0.109. The minimum Gasteiger partial charge on any atom is -0.352 e. The Labute approximate surface area is 156 Å². The average molecular weight is 351 g/mol. The zero-order valence-corrected chi connectivity index (χ0v) is 16.9. The Morgan fingerprint density at radius 2 is 1.20 bits per heavy atom. The zero-order chi connectivity index (χ0) is 17.5. The van der Waals surface area contributed by atoms with Crippen LogP contribution in [-0.4, -0.2) is 19.5 Å². The summed E-state index contributed by atoms with van der Waals surface area (Å²) in [5.74, 6) is 4.37. The molecule has 2 aliphatic carbocycles. The highest BCUT2D eigenvalue weighted by atomic mass is 16.7. The van der Waals surface area contributed by atoms with Crippen LogP contribution in [0, 0.1) is 29.6 Å². The zero-order valence-electron chi connectivity index (χ0n) is 16.9. The highest BCUT2D eigenvalue weighted by molar-refractivity contribution is 4.83. The number of hydrogen-bond donors (Lipinski definition) is 0. The van der Waals surface area contributed by atoms with Gasteiger partial charge in [0.2, 0.25) is 0 Å². The second-order valence-electron chi connectivity index (χ2n) is 9.26. The van der Waals surface area contributed by atoms with E-state index in [9.17, 15) is 0 Å². The van der Waals surface area contributed by atoms with E-state index in [0.29, 0.717) is 11.8 Å². The molecule has 2 nitrogen and oxygen atoms in total. The molecule has 0 unspecified atom stereocenters. The molecule has 3 fully saturated rings. The molecular weight excluding hydrogens is 308 g/mol. The highest BCUT2D eigenvalue weighted by Crippen LogP contribution is 2.43. The molecule has 0 N–H and O–H groups in total. The van der Waals surface area contributed by atoms with Crippen molar-refractivity contribution in [3.8, 4) is 0 Å². The molecule has 146 valence electrons. The molecule has 3 rings (SSSR count). The lowest BCUT2D eigenvalue weighted by Gasteiger charge is -2.41. The van der Waals surface area contributed by atoms with Crippen molar-refractivity contribution in [3.05, 3.63) is 0 Å². The largest absolute Gasteiger partial charge is 0.352 e. The van der Waals surface area contributed by atoms with Crippen molar-refractivity contribution in [2.45, 2.75) is 104 Å². The van der Waals surface area contributed by atoms with Crippen LogP contribution >= 0.6 is 0 Å². The van der Waals surface area contributed by atoms with E-state index in [1.807, 2.05) is 0 Å². The van der Waals surface area contributed by atoms with Crippen molar-refractivity contribution in [2.24, 2.45) is 29.6 Å². The van der Waals surface area contributed by atoms with Crippen molar-refractivity contribution in [1.82, 2.24) is 0 Å². The molecule has 1 heterocycles. The molecule has 0 amide bonds. The summed E-state index contributed by atoms with van der Waals surface area (Å²) in [4.78, 5) is 0. The van der Waals surface area contributed by atoms with Crippen LogP contribution in [0.5, 0.6) is 0 Å². The Bertz CT molecular complexity index is 345. The fourth-order valence-electron chi connectivity index (χ4n) is 5.59. The van der Waals surface area contributed by atoms with Gasteiger partial charge in [-0.05, 0) is 62.7 Å². The van der Waals surface area contributed by atoms with E-state index in [0.717, 1.165) is 31.0 Å². The molecule has 0 bridgehead atoms. The van der Waals surface area contributed by atoms with Gasteiger partial charge in [0, 0.05) is 11.8 Å². The SMILES string of the molecule is CCCCCC1CCC(C2CCC(C3OCC(CC)CO3)CC2)CC1. The van der Waals surface area contributed by atoms with Crippen LogP contribution < -0.4 is 0 Å². The summed E-state index contributed by atoms with van der Waals surface area (Å²) in [5.41, 5.74) is 0. The lowest BCUT2D eigenvalue weighted by atomic mass is 9.68. The fraction of sp³-hybridized carbons (Fsp3) is 1.00. The molecule has 0 aromatic carbocycles. The van der Waals surface area contributed by atoms with Gasteiger partial charge in [0.1, 0.15) is 0 Å². The first-order valence-electron chi connectivity index (χ1n) is 11.5. The normalized spacial score (nSPS) is 40.1. The first-order valence-corrected chi connectivity index (χ1v) is 11.5. The maximum atomic E-state index is 6.04. The molecule has 0 atom stereocenters. The molecular formula is C23H42O2. The molecule has 3 aliphatic rings. The van der Waals surface area contributed by atoms with Crippen molar-refractivity contribution in [1.29, 1.82) is 0 Å². The average Bonchev–Trinajstić information content (AvgIpc) is 2.69. The quantitative estimate of drug-likeness (QED) is 0.483. The van der Waals surface area contributed by atoms with Crippen LogP contribution in [0.2, 0.25) is 0 Å². The molecule has 0 spiro atoms. The van der Waals surface area contributed by atoms with Gasteiger partial charge < -0.3 is 9.47 Å². The second kappa shape index (κ2) is 10.3. The van der Waals surface area contributed by atoms with E-state index in [1.165, 1.54) is 83.5 Å². The number of hydrogen-bond acceptors (Lipinski definition) is 2. The highest BCUT2D eigenvalue weighted by Gasteiger charge is 2.35. The first kappa shape index (κ1) is 19.7. The fourth-order valence-corrected chi connectivity index (χ4v) is 5.59. The third kappa shape index (κ3) is 5.70. The molecule has 0 radical (unpaired) electrons. The second-order valence-corrected chi connectivity index (χ2v) is 9.26. The van der Waals surface area contributed by atoms with Gasteiger partial charge in [-0.1, -0.05) is 52.4 Å². The van der Waals surface area contributed by atoms with Gasteiger partial charge in [-0.2, -0.15) is 0 Å². The van der Waals surface area contributed by atoms with Gasteiger partial charge in [-0.3, -0.25) is 0 Å². The molecule has 0 aromatic rings. The van der Waals surface area contributed by atoms with Gasteiger partial charge in [-0.25, -0.2) is 0 Å². The smallest absolute Gasteiger partial charge is 0.160 e. The molecule has 25 heavy (non-hydrogen) atoms. The predicted octanol–water partition coefficient (Wildman–Crippen LogP) is 6.58. The van der Waals surface area contributed by atoms with Gasteiger partial charge in [0.25, 0.3) is 0 Å². The Morgan fingerprint density at radius 1 is 0.640 bits per heavy atom. The predicted molar refractivity (Wildman–Crippen MR) is 105 cm³/mol. The van der Waals surface area contributed by atoms with E-state index in [4.69, 9.17) is 9.47 Å². The van der Waals surface area contributed by atoms with Gasteiger partial charge in [0.15, 0.2) is 6.29 Å². The Hall–Kier alpha value is -0.0800. The Balaban J connectivity index is 1.33. The number of rotatable bonds is 7. The van der Waals surface area contributed by atoms with Crippen molar-refractivity contribution in [2.75, 3.05) is 13.2 Å². The lowest BCUT2D eigenvalue weighted by Crippen LogP contribution is -2.39.